The molecule has 0 fully saturated rings. The van der Waals surface area contributed by atoms with E-state index < -0.39 is 0 Å². The summed E-state index contributed by atoms with van der Waals surface area (Å²) in [5, 5.41) is 3.23. The van der Waals surface area contributed by atoms with Gasteiger partial charge in [0.15, 0.2) is 11.5 Å². The summed E-state index contributed by atoms with van der Waals surface area (Å²) in [5.74, 6) is 2.30. The number of ether oxygens (including phenoxy) is 2. The maximum atomic E-state index is 5.86. The zero-order valence-electron chi connectivity index (χ0n) is 11.5. The lowest BCUT2D eigenvalue weighted by molar-refractivity contribution is 0.223. The third-order valence-corrected chi connectivity index (χ3v) is 3.16. The molecule has 1 heterocycles. The van der Waals surface area contributed by atoms with Crippen LogP contribution in [0.1, 0.15) is 6.92 Å². The lowest BCUT2D eigenvalue weighted by Crippen LogP contribution is -2.23. The summed E-state index contributed by atoms with van der Waals surface area (Å²) in [6.45, 7) is 2.66. The Morgan fingerprint density at radius 3 is 2.60 bits per heavy atom. The Labute approximate surface area is 127 Å². The molecule has 1 aromatic carbocycles. The molecule has 1 aromatic heterocycles. The zero-order valence-corrected chi connectivity index (χ0v) is 13.1. The van der Waals surface area contributed by atoms with Crippen molar-refractivity contribution in [2.24, 2.45) is 0 Å². The number of hydrogen-bond acceptors (Lipinski definition) is 4. The molecule has 106 valence electrons. The second-order valence-electron chi connectivity index (χ2n) is 4.32. The van der Waals surface area contributed by atoms with Gasteiger partial charge in [-0.05, 0) is 47.1 Å². The number of nitrogens with zero attached hydrogens (tertiary/aromatic N) is 1. The average molecular weight is 337 g/mol. The molecule has 1 unspecified atom stereocenters. The molecular formula is C15H17BrN2O2. The van der Waals surface area contributed by atoms with E-state index in [-0.39, 0.29) is 6.10 Å². The molecule has 0 radical (unpaired) electrons. The topological polar surface area (TPSA) is 43.4 Å². The number of pyridine rings is 1. The van der Waals surface area contributed by atoms with Gasteiger partial charge >= 0.3 is 0 Å². The fourth-order valence-corrected chi connectivity index (χ4v) is 1.94. The van der Waals surface area contributed by atoms with Crippen LogP contribution in [0.25, 0.3) is 0 Å². The molecular weight excluding hydrogens is 320 g/mol. The predicted octanol–water partition coefficient (Wildman–Crippen LogP) is 3.73. The van der Waals surface area contributed by atoms with E-state index in [1.807, 2.05) is 43.3 Å². The molecule has 1 atom stereocenters. The molecule has 0 saturated heterocycles. The summed E-state index contributed by atoms with van der Waals surface area (Å²) in [4.78, 5) is 4.25. The van der Waals surface area contributed by atoms with Crippen molar-refractivity contribution >= 4 is 21.7 Å². The fraction of sp³-hybridized carbons (Fsp3) is 0.267. The van der Waals surface area contributed by atoms with Crippen molar-refractivity contribution in [3.8, 4) is 11.5 Å². The third-order valence-electron chi connectivity index (χ3n) is 2.70. The molecule has 2 aromatic rings. The number of aromatic nitrogens is 1. The molecule has 0 aliphatic rings. The summed E-state index contributed by atoms with van der Waals surface area (Å²) in [7, 11) is 1.64. The van der Waals surface area contributed by atoms with Crippen molar-refractivity contribution in [3.05, 3.63) is 47.1 Å². The Hall–Kier alpha value is -1.75. The van der Waals surface area contributed by atoms with Crippen LogP contribution in [0.4, 0.5) is 5.82 Å². The standard InChI is InChI=1S/C15H17BrN2O2/c1-11(9-17-15-8-7-12(16)10-18-15)20-14-6-4-3-5-13(14)19-2/h3-8,10-11H,9H2,1-2H3,(H,17,18). The third kappa shape index (κ3) is 4.13. The van der Waals surface area contributed by atoms with Gasteiger partial charge in [0.25, 0.3) is 0 Å². The van der Waals surface area contributed by atoms with Crippen LogP contribution in [0, 0.1) is 0 Å². The highest BCUT2D eigenvalue weighted by Crippen LogP contribution is 2.26. The van der Waals surface area contributed by atoms with Gasteiger partial charge in [-0.2, -0.15) is 0 Å². The van der Waals surface area contributed by atoms with Gasteiger partial charge < -0.3 is 14.8 Å². The minimum atomic E-state index is -0.00301. The van der Waals surface area contributed by atoms with Crippen LogP contribution < -0.4 is 14.8 Å². The average Bonchev–Trinajstić information content (AvgIpc) is 2.47. The normalized spacial score (nSPS) is 11.8. The van der Waals surface area contributed by atoms with Gasteiger partial charge in [-0.3, -0.25) is 0 Å². The Morgan fingerprint density at radius 2 is 1.95 bits per heavy atom. The lowest BCUT2D eigenvalue weighted by atomic mass is 10.3. The van der Waals surface area contributed by atoms with Gasteiger partial charge in [-0.15, -0.1) is 0 Å². The molecule has 0 aliphatic carbocycles. The molecule has 0 saturated carbocycles. The van der Waals surface area contributed by atoms with Crippen LogP contribution in [0.15, 0.2) is 47.1 Å². The summed E-state index contributed by atoms with van der Waals surface area (Å²) in [5.41, 5.74) is 0. The number of anilines is 1. The van der Waals surface area contributed by atoms with Crippen LogP contribution >= 0.6 is 15.9 Å². The maximum Gasteiger partial charge on any atom is 0.161 e. The number of hydrogen-bond donors (Lipinski definition) is 1. The summed E-state index contributed by atoms with van der Waals surface area (Å²) < 4.78 is 12.1. The smallest absolute Gasteiger partial charge is 0.161 e. The number of benzene rings is 1. The van der Waals surface area contributed by atoms with Crippen LogP contribution in [0.2, 0.25) is 0 Å². The van der Waals surface area contributed by atoms with Crippen LogP contribution in [0.3, 0.4) is 0 Å². The summed E-state index contributed by atoms with van der Waals surface area (Å²) in [6.07, 6.45) is 1.76. The predicted molar refractivity (Wildman–Crippen MR) is 83.5 cm³/mol. The monoisotopic (exact) mass is 336 g/mol. The van der Waals surface area contributed by atoms with Gasteiger partial charge in [0.1, 0.15) is 11.9 Å². The summed E-state index contributed by atoms with van der Waals surface area (Å²) in [6, 6.07) is 11.5. The number of nitrogens with one attached hydrogen (secondary N) is 1. The first-order valence-electron chi connectivity index (χ1n) is 6.34. The first-order valence-corrected chi connectivity index (χ1v) is 7.13. The van der Waals surface area contributed by atoms with E-state index in [1.165, 1.54) is 0 Å². The minimum absolute atomic E-state index is 0.00301. The van der Waals surface area contributed by atoms with E-state index in [4.69, 9.17) is 9.47 Å². The Morgan fingerprint density at radius 1 is 1.20 bits per heavy atom. The van der Waals surface area contributed by atoms with Gasteiger partial charge in [0, 0.05) is 10.7 Å². The van der Waals surface area contributed by atoms with Crippen molar-refractivity contribution < 1.29 is 9.47 Å². The summed E-state index contributed by atoms with van der Waals surface area (Å²) >= 11 is 3.36. The Bertz CT molecular complexity index is 546. The molecule has 1 N–H and O–H groups in total. The van der Waals surface area contributed by atoms with E-state index >= 15 is 0 Å². The molecule has 0 spiro atoms. The first-order chi connectivity index (χ1) is 9.69. The van der Waals surface area contributed by atoms with Crippen molar-refractivity contribution in [2.45, 2.75) is 13.0 Å². The molecule has 2 rings (SSSR count). The molecule has 4 nitrogen and oxygen atoms in total. The maximum absolute atomic E-state index is 5.86. The number of rotatable bonds is 6. The zero-order chi connectivity index (χ0) is 14.4. The van der Waals surface area contributed by atoms with Gasteiger partial charge in [-0.1, -0.05) is 12.1 Å². The minimum Gasteiger partial charge on any atom is -0.493 e. The van der Waals surface area contributed by atoms with E-state index in [0.29, 0.717) is 6.54 Å². The van der Waals surface area contributed by atoms with Crippen molar-refractivity contribution in [1.29, 1.82) is 0 Å². The Kier molecular flexibility index (Phi) is 5.24. The van der Waals surface area contributed by atoms with Crippen LogP contribution in [-0.4, -0.2) is 24.7 Å². The highest BCUT2D eigenvalue weighted by atomic mass is 79.9. The van der Waals surface area contributed by atoms with E-state index in [2.05, 4.69) is 26.2 Å². The highest BCUT2D eigenvalue weighted by molar-refractivity contribution is 9.10. The lowest BCUT2D eigenvalue weighted by Gasteiger charge is -2.17. The molecule has 0 bridgehead atoms. The number of methoxy groups -OCH3 is 1. The van der Waals surface area contributed by atoms with Crippen molar-refractivity contribution in [2.75, 3.05) is 19.0 Å². The first kappa shape index (κ1) is 14.7. The van der Waals surface area contributed by atoms with Crippen LogP contribution in [-0.2, 0) is 0 Å². The molecule has 20 heavy (non-hydrogen) atoms. The fourth-order valence-electron chi connectivity index (χ4n) is 1.70. The van der Waals surface area contributed by atoms with Crippen LogP contribution in [0.5, 0.6) is 11.5 Å². The molecule has 5 heteroatoms. The number of halogens is 1. The second kappa shape index (κ2) is 7.14. The van der Waals surface area contributed by atoms with Crippen molar-refractivity contribution in [1.82, 2.24) is 4.98 Å². The van der Waals surface area contributed by atoms with Gasteiger partial charge in [-0.25, -0.2) is 4.98 Å². The van der Waals surface area contributed by atoms with E-state index in [0.717, 1.165) is 21.8 Å². The number of para-hydroxylation sites is 2. The van der Waals surface area contributed by atoms with E-state index in [9.17, 15) is 0 Å². The SMILES string of the molecule is COc1ccccc1OC(C)CNc1ccc(Br)cn1. The highest BCUT2D eigenvalue weighted by Gasteiger charge is 2.08. The van der Waals surface area contributed by atoms with Gasteiger partial charge in [0.2, 0.25) is 0 Å². The molecule has 0 aliphatic heterocycles. The molecule has 0 amide bonds. The largest absolute Gasteiger partial charge is 0.493 e. The van der Waals surface area contributed by atoms with E-state index in [1.54, 1.807) is 13.3 Å². The second-order valence-corrected chi connectivity index (χ2v) is 5.24. The Balaban J connectivity index is 1.89. The van der Waals surface area contributed by atoms with Gasteiger partial charge in [0.05, 0.1) is 13.7 Å². The quantitative estimate of drug-likeness (QED) is 0.872. The van der Waals surface area contributed by atoms with Crippen molar-refractivity contribution in [3.63, 3.8) is 0 Å².